The predicted octanol–water partition coefficient (Wildman–Crippen LogP) is 5.92. The van der Waals surface area contributed by atoms with Gasteiger partial charge in [0, 0.05) is 37.7 Å². The van der Waals surface area contributed by atoms with Crippen LogP contribution in [0.4, 0.5) is 17.6 Å². The molecule has 2 aromatic rings. The summed E-state index contributed by atoms with van der Waals surface area (Å²) in [6, 6.07) is 4.11. The zero-order chi connectivity index (χ0) is 30.8. The first-order valence-electron chi connectivity index (χ1n) is 13.0. The standard InChI is InChI=1S/C28H26Cl2F4N4O4/c29-20-12-36-13-21(30)23(20)22(39)15-37(14-16-1-3-17(31)4-2-16)25(40)19(11-35)24(28(32,33)34)38-10-9-27(26(41)42)7-5-18(38)6-8-27/h1-4,11-13,18,35H,5-10,14-15H2,(H,41,42)/b24-19+,35-11?. The number of aliphatic carboxylic acids is 1. The number of alkyl halides is 3. The molecule has 1 aromatic heterocycles. The summed E-state index contributed by atoms with van der Waals surface area (Å²) < 4.78 is 57.8. The molecule has 3 fully saturated rings. The number of carbonyl (C=O) groups excluding carboxylic acids is 2. The molecule has 3 aliphatic rings. The number of allylic oxidation sites excluding steroid dienone is 1. The zero-order valence-corrected chi connectivity index (χ0v) is 23.6. The van der Waals surface area contributed by atoms with Crippen LogP contribution < -0.4 is 0 Å². The predicted molar refractivity (Wildman–Crippen MR) is 146 cm³/mol. The number of halogens is 6. The van der Waals surface area contributed by atoms with E-state index in [9.17, 15) is 37.1 Å². The minimum absolute atomic E-state index is 0.0608. The third-order valence-corrected chi connectivity index (χ3v) is 8.44. The molecule has 2 bridgehead atoms. The van der Waals surface area contributed by atoms with Crippen LogP contribution in [0.1, 0.15) is 48.0 Å². The normalized spacial score (nSPS) is 20.9. The molecule has 42 heavy (non-hydrogen) atoms. The Kier molecular flexibility index (Phi) is 9.27. The number of hydrogen-bond donors (Lipinski definition) is 2. The van der Waals surface area contributed by atoms with Crippen LogP contribution in [-0.4, -0.2) is 69.1 Å². The van der Waals surface area contributed by atoms with Gasteiger partial charge in [-0.15, -0.1) is 0 Å². The van der Waals surface area contributed by atoms with Gasteiger partial charge >= 0.3 is 12.1 Å². The van der Waals surface area contributed by atoms with Gasteiger partial charge in [-0.3, -0.25) is 19.4 Å². The number of amides is 1. The van der Waals surface area contributed by atoms with Crippen LogP contribution in [0.25, 0.3) is 0 Å². The first kappa shape index (κ1) is 31.4. The van der Waals surface area contributed by atoms with E-state index in [0.717, 1.165) is 34.3 Å². The molecule has 0 radical (unpaired) electrons. The molecule has 1 saturated carbocycles. The van der Waals surface area contributed by atoms with Crippen molar-refractivity contribution in [3.8, 4) is 0 Å². The summed E-state index contributed by atoms with van der Waals surface area (Å²) in [5.41, 5.74) is -3.42. The number of carboxylic acid groups (broad SMARTS) is 1. The Morgan fingerprint density at radius 1 is 1.10 bits per heavy atom. The highest BCUT2D eigenvalue weighted by Gasteiger charge is 2.51. The van der Waals surface area contributed by atoms with E-state index in [1.165, 1.54) is 12.1 Å². The van der Waals surface area contributed by atoms with Crippen LogP contribution in [0.5, 0.6) is 0 Å². The lowest BCUT2D eigenvalue weighted by molar-refractivity contribution is -0.151. The number of nitrogens with zero attached hydrogens (tertiary/aromatic N) is 3. The Balaban J connectivity index is 1.78. The summed E-state index contributed by atoms with van der Waals surface area (Å²) in [7, 11) is 0. The molecule has 0 atom stereocenters. The molecular weight excluding hydrogens is 603 g/mol. The van der Waals surface area contributed by atoms with Gasteiger partial charge in [-0.25, -0.2) is 4.39 Å². The second-order valence-electron chi connectivity index (χ2n) is 10.4. The van der Waals surface area contributed by atoms with Crippen LogP contribution in [0.15, 0.2) is 47.9 Å². The fourth-order valence-corrected chi connectivity index (χ4v) is 6.24. The summed E-state index contributed by atoms with van der Waals surface area (Å²) >= 11 is 12.2. The topological polar surface area (TPSA) is 115 Å². The minimum atomic E-state index is -5.09. The highest BCUT2D eigenvalue weighted by molar-refractivity contribution is 6.39. The van der Waals surface area contributed by atoms with Crippen molar-refractivity contribution in [3.63, 3.8) is 0 Å². The molecule has 14 heteroatoms. The van der Waals surface area contributed by atoms with Gasteiger partial charge in [0.25, 0.3) is 5.91 Å². The molecule has 5 rings (SSSR count). The lowest BCUT2D eigenvalue weighted by Crippen LogP contribution is -2.44. The van der Waals surface area contributed by atoms with E-state index in [1.54, 1.807) is 0 Å². The van der Waals surface area contributed by atoms with Crippen molar-refractivity contribution >= 4 is 47.1 Å². The number of hydrogen-bond acceptors (Lipinski definition) is 6. The Hall–Kier alpha value is -3.51. The summed E-state index contributed by atoms with van der Waals surface area (Å²) in [4.78, 5) is 44.7. The van der Waals surface area contributed by atoms with Crippen LogP contribution in [0.2, 0.25) is 10.0 Å². The van der Waals surface area contributed by atoms with E-state index >= 15 is 0 Å². The monoisotopic (exact) mass is 628 g/mol. The fourth-order valence-electron chi connectivity index (χ4n) is 5.66. The maximum atomic E-state index is 14.7. The molecule has 0 spiro atoms. The van der Waals surface area contributed by atoms with Gasteiger partial charge in [0.1, 0.15) is 11.5 Å². The first-order chi connectivity index (χ1) is 19.8. The number of carboxylic acids is 1. The van der Waals surface area contributed by atoms with E-state index in [0.29, 0.717) is 11.8 Å². The van der Waals surface area contributed by atoms with Crippen molar-refractivity contribution in [1.29, 1.82) is 5.41 Å². The molecule has 2 N–H and O–H groups in total. The summed E-state index contributed by atoms with van der Waals surface area (Å²) in [5.74, 6) is -3.72. The average Bonchev–Trinajstić information content (AvgIpc) is 3.22. The Morgan fingerprint density at radius 3 is 2.21 bits per heavy atom. The van der Waals surface area contributed by atoms with Gasteiger partial charge in [-0.05, 0) is 49.8 Å². The Labute approximate surface area is 248 Å². The van der Waals surface area contributed by atoms with Crippen LogP contribution >= 0.6 is 23.2 Å². The molecule has 2 saturated heterocycles. The van der Waals surface area contributed by atoms with E-state index < -0.39 is 65.5 Å². The number of Topliss-reactive ketones (excluding diaryl/α,β-unsaturated/α-hetero) is 1. The molecule has 1 aromatic carbocycles. The number of benzene rings is 1. The van der Waals surface area contributed by atoms with E-state index in [4.69, 9.17) is 28.6 Å². The Morgan fingerprint density at radius 2 is 1.69 bits per heavy atom. The van der Waals surface area contributed by atoms with Crippen LogP contribution in [0, 0.1) is 16.6 Å². The first-order valence-corrected chi connectivity index (χ1v) is 13.7. The lowest BCUT2D eigenvalue weighted by atomic mass is 9.72. The number of nitrogens with one attached hydrogen (secondary N) is 1. The molecule has 224 valence electrons. The van der Waals surface area contributed by atoms with E-state index in [1.807, 2.05) is 0 Å². The number of fused-ring (bicyclic) bond motifs is 4. The second-order valence-corrected chi connectivity index (χ2v) is 11.2. The van der Waals surface area contributed by atoms with Crippen LogP contribution in [-0.2, 0) is 16.1 Å². The molecule has 1 amide bonds. The van der Waals surface area contributed by atoms with Crippen molar-refractivity contribution in [1.82, 2.24) is 14.8 Å². The van der Waals surface area contributed by atoms with Crippen molar-refractivity contribution in [2.75, 3.05) is 13.1 Å². The average molecular weight is 629 g/mol. The van der Waals surface area contributed by atoms with Crippen molar-refractivity contribution in [2.45, 2.75) is 50.9 Å². The largest absolute Gasteiger partial charge is 0.481 e. The molecule has 8 nitrogen and oxygen atoms in total. The zero-order valence-electron chi connectivity index (χ0n) is 22.1. The quantitative estimate of drug-likeness (QED) is 0.154. The van der Waals surface area contributed by atoms with E-state index in [-0.39, 0.29) is 54.3 Å². The van der Waals surface area contributed by atoms with Crippen molar-refractivity contribution in [3.05, 3.63) is 74.9 Å². The summed E-state index contributed by atoms with van der Waals surface area (Å²) in [6.07, 6.45) is -1.83. The SMILES string of the molecule is N=C/C(C(=O)N(CC(=O)c1c(Cl)cncc1Cl)Cc1ccc(F)cc1)=C(\N1CCC2(C(=O)O)CCC1CC2)C(F)(F)F. The fraction of sp³-hybridized carbons (Fsp3) is 0.393. The number of aromatic nitrogens is 1. The van der Waals surface area contributed by atoms with Gasteiger partial charge in [0.2, 0.25) is 0 Å². The third kappa shape index (κ3) is 6.44. The Bertz CT molecular complexity index is 1400. The minimum Gasteiger partial charge on any atom is -0.481 e. The number of pyridine rings is 1. The summed E-state index contributed by atoms with van der Waals surface area (Å²) in [5, 5.41) is 17.4. The van der Waals surface area contributed by atoms with E-state index in [2.05, 4.69) is 4.98 Å². The maximum absolute atomic E-state index is 14.7. The second kappa shape index (κ2) is 12.4. The maximum Gasteiger partial charge on any atom is 0.431 e. The molecule has 2 aliphatic heterocycles. The van der Waals surface area contributed by atoms with Gasteiger partial charge in [-0.1, -0.05) is 35.3 Å². The van der Waals surface area contributed by atoms with Crippen molar-refractivity contribution < 1.29 is 37.1 Å². The van der Waals surface area contributed by atoms with Crippen molar-refractivity contribution in [2.24, 2.45) is 5.41 Å². The summed E-state index contributed by atoms with van der Waals surface area (Å²) in [6.45, 7) is -1.46. The van der Waals surface area contributed by atoms with Gasteiger partial charge in [0.05, 0.1) is 33.1 Å². The molecule has 0 unspecified atom stereocenters. The number of rotatable bonds is 9. The van der Waals surface area contributed by atoms with Gasteiger partial charge in [0.15, 0.2) is 5.78 Å². The molecular formula is C28H26Cl2F4N4O4. The molecule has 3 heterocycles. The lowest BCUT2D eigenvalue weighted by Gasteiger charge is -2.37. The number of carbonyl (C=O) groups is 3. The highest BCUT2D eigenvalue weighted by atomic mass is 35.5. The third-order valence-electron chi connectivity index (χ3n) is 7.86. The van der Waals surface area contributed by atoms with Crippen LogP contribution in [0.3, 0.4) is 0 Å². The van der Waals surface area contributed by atoms with Gasteiger partial charge < -0.3 is 20.3 Å². The smallest absolute Gasteiger partial charge is 0.431 e. The van der Waals surface area contributed by atoms with Gasteiger partial charge in [-0.2, -0.15) is 13.2 Å². The highest BCUT2D eigenvalue weighted by Crippen LogP contribution is 2.47. The molecule has 1 aliphatic carbocycles. The number of ketones is 1.